The molecule has 136 valence electrons. The molecule has 0 saturated carbocycles. The van der Waals surface area contributed by atoms with E-state index < -0.39 is 23.5 Å². The van der Waals surface area contributed by atoms with Crippen molar-refractivity contribution in [3.63, 3.8) is 0 Å². The number of hydrogen-bond donors (Lipinski definition) is 3. The first-order valence-electron chi connectivity index (χ1n) is 7.88. The Kier molecular flexibility index (Phi) is 3.69. The standard InChI is InChI=1S/C19H12F2N2O4/c1-22-18(24)10-2-11(19(25)26)17-16(7-10)27-15-6-9-4-13(21)12(20)3-8(9)5-14(15)23-17/h2-7,23H,1H3,(H,22,24)(H,25,26). The summed E-state index contributed by atoms with van der Waals surface area (Å²) in [6, 6.07) is 7.79. The average Bonchev–Trinajstić information content (AvgIpc) is 2.64. The number of carbonyl (C=O) groups is 2. The van der Waals surface area contributed by atoms with E-state index in [4.69, 9.17) is 4.74 Å². The summed E-state index contributed by atoms with van der Waals surface area (Å²) < 4.78 is 32.8. The van der Waals surface area contributed by atoms with Crippen LogP contribution in [0.3, 0.4) is 0 Å². The lowest BCUT2D eigenvalue weighted by molar-refractivity contribution is 0.0697. The minimum Gasteiger partial charge on any atom is -0.478 e. The second kappa shape index (κ2) is 5.94. The van der Waals surface area contributed by atoms with E-state index in [0.717, 1.165) is 12.1 Å². The molecule has 0 radical (unpaired) electrons. The van der Waals surface area contributed by atoms with Gasteiger partial charge < -0.3 is 20.5 Å². The van der Waals surface area contributed by atoms with Crippen molar-refractivity contribution in [3.05, 3.63) is 59.2 Å². The Morgan fingerprint density at radius 1 is 1.00 bits per heavy atom. The molecule has 0 bridgehead atoms. The Morgan fingerprint density at radius 2 is 1.67 bits per heavy atom. The van der Waals surface area contributed by atoms with Crippen LogP contribution in [0.25, 0.3) is 10.8 Å². The van der Waals surface area contributed by atoms with Gasteiger partial charge in [0.2, 0.25) is 0 Å². The van der Waals surface area contributed by atoms with Gasteiger partial charge in [-0.05, 0) is 47.2 Å². The van der Waals surface area contributed by atoms with Gasteiger partial charge in [-0.25, -0.2) is 13.6 Å². The molecule has 0 fully saturated rings. The smallest absolute Gasteiger partial charge is 0.337 e. The Balaban J connectivity index is 1.88. The molecule has 1 heterocycles. The van der Waals surface area contributed by atoms with Crippen molar-refractivity contribution >= 4 is 34.0 Å². The number of aromatic carboxylic acids is 1. The summed E-state index contributed by atoms with van der Waals surface area (Å²) in [5, 5.41) is 15.7. The molecule has 8 heteroatoms. The van der Waals surface area contributed by atoms with Crippen LogP contribution in [0.4, 0.5) is 20.2 Å². The molecular formula is C19H12F2N2O4. The molecule has 0 atom stereocenters. The van der Waals surface area contributed by atoms with Crippen molar-refractivity contribution in [1.29, 1.82) is 0 Å². The van der Waals surface area contributed by atoms with E-state index in [0.29, 0.717) is 22.2 Å². The molecule has 0 saturated heterocycles. The van der Waals surface area contributed by atoms with E-state index in [9.17, 15) is 23.5 Å². The van der Waals surface area contributed by atoms with Gasteiger partial charge in [-0.15, -0.1) is 0 Å². The maximum absolute atomic E-state index is 13.5. The highest BCUT2D eigenvalue weighted by Crippen LogP contribution is 2.46. The molecule has 6 nitrogen and oxygen atoms in total. The molecule has 0 aromatic heterocycles. The number of nitrogens with one attached hydrogen (secondary N) is 2. The van der Waals surface area contributed by atoms with Crippen LogP contribution in [0, 0.1) is 11.6 Å². The summed E-state index contributed by atoms with van der Waals surface area (Å²) in [5.41, 5.74) is 0.538. The van der Waals surface area contributed by atoms with Gasteiger partial charge in [0, 0.05) is 12.6 Å². The second-order valence-electron chi connectivity index (χ2n) is 5.97. The van der Waals surface area contributed by atoms with Crippen molar-refractivity contribution in [2.75, 3.05) is 12.4 Å². The van der Waals surface area contributed by atoms with E-state index in [-0.39, 0.29) is 22.6 Å². The summed E-state index contributed by atoms with van der Waals surface area (Å²) in [4.78, 5) is 23.5. The summed E-state index contributed by atoms with van der Waals surface area (Å²) in [6.07, 6.45) is 0. The normalized spacial score (nSPS) is 11.8. The quantitative estimate of drug-likeness (QED) is 0.496. The van der Waals surface area contributed by atoms with Crippen LogP contribution >= 0.6 is 0 Å². The molecule has 1 aliphatic heterocycles. The van der Waals surface area contributed by atoms with Crippen molar-refractivity contribution in [1.82, 2.24) is 5.32 Å². The highest BCUT2D eigenvalue weighted by atomic mass is 19.2. The maximum Gasteiger partial charge on any atom is 0.337 e. The predicted octanol–water partition coefficient (Wildman–Crippen LogP) is 4.03. The van der Waals surface area contributed by atoms with Crippen LogP contribution < -0.4 is 15.4 Å². The highest BCUT2D eigenvalue weighted by Gasteiger charge is 2.25. The van der Waals surface area contributed by atoms with Crippen LogP contribution in [-0.4, -0.2) is 24.0 Å². The highest BCUT2D eigenvalue weighted by molar-refractivity contribution is 6.04. The number of halogens is 2. The summed E-state index contributed by atoms with van der Waals surface area (Å²) in [6.45, 7) is 0. The van der Waals surface area contributed by atoms with Gasteiger partial charge in [0.15, 0.2) is 23.1 Å². The average molecular weight is 370 g/mol. The van der Waals surface area contributed by atoms with Crippen molar-refractivity contribution < 1.29 is 28.2 Å². The zero-order chi connectivity index (χ0) is 19.3. The van der Waals surface area contributed by atoms with E-state index in [1.807, 2.05) is 0 Å². The van der Waals surface area contributed by atoms with Crippen molar-refractivity contribution in [2.45, 2.75) is 0 Å². The predicted molar refractivity (Wildman–Crippen MR) is 94.0 cm³/mol. The molecule has 3 N–H and O–H groups in total. The lowest BCUT2D eigenvalue weighted by atomic mass is 10.0. The van der Waals surface area contributed by atoms with Crippen LogP contribution in [-0.2, 0) is 0 Å². The second-order valence-corrected chi connectivity index (χ2v) is 5.97. The molecule has 1 amide bonds. The number of carboxylic acids is 1. The number of anilines is 2. The van der Waals surface area contributed by atoms with Crippen LogP contribution in [0.15, 0.2) is 36.4 Å². The number of rotatable bonds is 2. The Hall–Kier alpha value is -3.68. The van der Waals surface area contributed by atoms with Gasteiger partial charge in [-0.3, -0.25) is 4.79 Å². The molecule has 0 aliphatic carbocycles. The van der Waals surface area contributed by atoms with Gasteiger partial charge in [-0.1, -0.05) is 0 Å². The number of ether oxygens (including phenoxy) is 1. The maximum atomic E-state index is 13.5. The largest absolute Gasteiger partial charge is 0.478 e. The summed E-state index contributed by atoms with van der Waals surface area (Å²) in [5.74, 6) is -3.24. The zero-order valence-corrected chi connectivity index (χ0v) is 13.9. The number of amides is 1. The fourth-order valence-corrected chi connectivity index (χ4v) is 2.98. The first kappa shape index (κ1) is 16.8. The van der Waals surface area contributed by atoms with Gasteiger partial charge in [0.1, 0.15) is 0 Å². The molecule has 3 aromatic rings. The SMILES string of the molecule is CNC(=O)c1cc2c(c(C(=O)O)c1)Nc1cc3cc(F)c(F)cc3cc1O2. The minimum absolute atomic E-state index is 0.118. The van der Waals surface area contributed by atoms with E-state index in [1.54, 1.807) is 0 Å². The number of carboxylic acid groups (broad SMARTS) is 1. The Bertz CT molecular complexity index is 1140. The third-order valence-corrected chi connectivity index (χ3v) is 4.28. The zero-order valence-electron chi connectivity index (χ0n) is 13.9. The third kappa shape index (κ3) is 2.71. The first-order chi connectivity index (χ1) is 12.9. The van der Waals surface area contributed by atoms with Gasteiger partial charge in [0.25, 0.3) is 5.91 Å². The fraction of sp³-hybridized carbons (Fsp3) is 0.0526. The molecule has 0 unspecified atom stereocenters. The monoisotopic (exact) mass is 370 g/mol. The van der Waals surface area contributed by atoms with E-state index in [1.165, 1.54) is 31.3 Å². The topological polar surface area (TPSA) is 87.7 Å². The Morgan fingerprint density at radius 3 is 2.30 bits per heavy atom. The molecule has 0 spiro atoms. The minimum atomic E-state index is -1.24. The number of benzene rings is 3. The molecule has 3 aromatic carbocycles. The third-order valence-electron chi connectivity index (χ3n) is 4.28. The van der Waals surface area contributed by atoms with Crippen LogP contribution in [0.2, 0.25) is 0 Å². The van der Waals surface area contributed by atoms with Crippen LogP contribution in [0.1, 0.15) is 20.7 Å². The van der Waals surface area contributed by atoms with Crippen molar-refractivity contribution in [3.8, 4) is 11.5 Å². The molecule has 4 rings (SSSR count). The molecule has 27 heavy (non-hydrogen) atoms. The van der Waals surface area contributed by atoms with Crippen LogP contribution in [0.5, 0.6) is 11.5 Å². The van der Waals surface area contributed by atoms with Crippen molar-refractivity contribution in [2.24, 2.45) is 0 Å². The van der Waals surface area contributed by atoms with Gasteiger partial charge >= 0.3 is 5.97 Å². The first-order valence-corrected chi connectivity index (χ1v) is 7.88. The lowest BCUT2D eigenvalue weighted by Gasteiger charge is -2.24. The number of carbonyl (C=O) groups excluding carboxylic acids is 1. The lowest BCUT2D eigenvalue weighted by Crippen LogP contribution is -2.19. The molecular weight excluding hydrogens is 358 g/mol. The van der Waals surface area contributed by atoms with Gasteiger partial charge in [0.05, 0.1) is 16.9 Å². The van der Waals surface area contributed by atoms with Gasteiger partial charge in [-0.2, -0.15) is 0 Å². The number of hydrogen-bond acceptors (Lipinski definition) is 4. The molecule has 1 aliphatic rings. The number of fused-ring (bicyclic) bond motifs is 3. The Labute approximate surface area is 151 Å². The fourth-order valence-electron chi connectivity index (χ4n) is 2.98. The summed E-state index contributed by atoms with van der Waals surface area (Å²) in [7, 11) is 1.43. The van der Waals surface area contributed by atoms with E-state index in [2.05, 4.69) is 10.6 Å². The van der Waals surface area contributed by atoms with E-state index >= 15 is 0 Å². The summed E-state index contributed by atoms with van der Waals surface area (Å²) >= 11 is 0.